The van der Waals surface area contributed by atoms with Crippen LogP contribution in [0.15, 0.2) is 54.2 Å². The van der Waals surface area contributed by atoms with Gasteiger partial charge < -0.3 is 9.64 Å². The van der Waals surface area contributed by atoms with Crippen LogP contribution in [-0.2, 0) is 11.4 Å². The molecule has 3 rings (SSSR count). The molecule has 2 aromatic rings. The highest BCUT2D eigenvalue weighted by molar-refractivity contribution is 7.80. The number of likely N-dealkylation sites (N-methyl/N-ethyl adjacent to an activating group) is 2. The van der Waals surface area contributed by atoms with E-state index in [1.165, 1.54) is 17.0 Å². The van der Waals surface area contributed by atoms with Gasteiger partial charge in [-0.1, -0.05) is 30.3 Å². The molecule has 6 heteroatoms. The molecule has 0 N–H and O–H groups in total. The Morgan fingerprint density at radius 2 is 1.76 bits per heavy atom. The predicted octanol–water partition coefficient (Wildman–Crippen LogP) is 3.43. The Morgan fingerprint density at radius 1 is 1.08 bits per heavy atom. The van der Waals surface area contributed by atoms with E-state index in [1.807, 2.05) is 24.3 Å². The molecule has 0 unspecified atom stereocenters. The Kier molecular flexibility index (Phi) is 4.81. The summed E-state index contributed by atoms with van der Waals surface area (Å²) in [6, 6.07) is 13.6. The van der Waals surface area contributed by atoms with Crippen LogP contribution in [0.2, 0.25) is 0 Å². The Morgan fingerprint density at radius 3 is 2.40 bits per heavy atom. The fraction of sp³-hybridized carbons (Fsp3) is 0.158. The quantitative estimate of drug-likeness (QED) is 0.621. The van der Waals surface area contributed by atoms with Gasteiger partial charge >= 0.3 is 0 Å². The first kappa shape index (κ1) is 17.1. The zero-order valence-electron chi connectivity index (χ0n) is 13.9. The molecule has 25 heavy (non-hydrogen) atoms. The van der Waals surface area contributed by atoms with E-state index < -0.39 is 0 Å². The number of ether oxygens (including phenoxy) is 1. The van der Waals surface area contributed by atoms with Gasteiger partial charge in [0.15, 0.2) is 5.11 Å². The van der Waals surface area contributed by atoms with E-state index in [0.29, 0.717) is 23.2 Å². The van der Waals surface area contributed by atoms with Crippen LogP contribution in [0.5, 0.6) is 5.75 Å². The van der Waals surface area contributed by atoms with Crippen molar-refractivity contribution in [3.8, 4) is 5.75 Å². The summed E-state index contributed by atoms with van der Waals surface area (Å²) in [4.78, 5) is 15.4. The highest BCUT2D eigenvalue weighted by Crippen LogP contribution is 2.26. The average Bonchev–Trinajstić information content (AvgIpc) is 2.80. The molecule has 0 spiro atoms. The van der Waals surface area contributed by atoms with Crippen molar-refractivity contribution in [1.29, 1.82) is 0 Å². The highest BCUT2D eigenvalue weighted by atomic mass is 32.1. The second-order valence-electron chi connectivity index (χ2n) is 5.69. The van der Waals surface area contributed by atoms with E-state index in [4.69, 9.17) is 17.0 Å². The number of hydrogen-bond donors (Lipinski definition) is 0. The summed E-state index contributed by atoms with van der Waals surface area (Å²) in [5.74, 6) is 0.207. The average molecular weight is 356 g/mol. The van der Waals surface area contributed by atoms with Crippen LogP contribution in [0.1, 0.15) is 11.1 Å². The van der Waals surface area contributed by atoms with E-state index >= 15 is 0 Å². The van der Waals surface area contributed by atoms with Gasteiger partial charge in [-0.05, 0) is 42.1 Å². The lowest BCUT2D eigenvalue weighted by Gasteiger charge is -2.12. The first-order valence-electron chi connectivity index (χ1n) is 7.71. The summed E-state index contributed by atoms with van der Waals surface area (Å²) in [7, 11) is 3.41. The summed E-state index contributed by atoms with van der Waals surface area (Å²) in [5, 5.41) is 0.459. The normalized spacial score (nSPS) is 16.0. The van der Waals surface area contributed by atoms with Crippen LogP contribution in [0.25, 0.3) is 6.08 Å². The number of nitrogens with zero attached hydrogens (tertiary/aromatic N) is 2. The van der Waals surface area contributed by atoms with Gasteiger partial charge in [-0.25, -0.2) is 4.39 Å². The van der Waals surface area contributed by atoms with Crippen LogP contribution >= 0.6 is 12.2 Å². The van der Waals surface area contributed by atoms with E-state index in [0.717, 1.165) is 11.1 Å². The second kappa shape index (κ2) is 7.03. The molecule has 0 radical (unpaired) electrons. The van der Waals surface area contributed by atoms with Crippen molar-refractivity contribution in [2.45, 2.75) is 6.61 Å². The number of carbonyl (C=O) groups excluding carboxylic acids is 1. The molecule has 1 fully saturated rings. The highest BCUT2D eigenvalue weighted by Gasteiger charge is 2.32. The first-order valence-corrected chi connectivity index (χ1v) is 8.12. The third kappa shape index (κ3) is 3.53. The van der Waals surface area contributed by atoms with Gasteiger partial charge in [0.2, 0.25) is 0 Å². The second-order valence-corrected chi connectivity index (χ2v) is 6.05. The van der Waals surface area contributed by atoms with E-state index in [9.17, 15) is 9.18 Å². The molecule has 0 aromatic heterocycles. The van der Waals surface area contributed by atoms with Crippen molar-refractivity contribution in [3.63, 3.8) is 0 Å². The molecule has 2 aromatic carbocycles. The molecule has 1 saturated heterocycles. The lowest BCUT2D eigenvalue weighted by molar-refractivity contribution is -0.121. The van der Waals surface area contributed by atoms with Crippen molar-refractivity contribution < 1.29 is 13.9 Å². The molecule has 128 valence electrons. The lowest BCUT2D eigenvalue weighted by Crippen LogP contribution is -2.26. The van der Waals surface area contributed by atoms with Crippen LogP contribution < -0.4 is 4.74 Å². The molecule has 0 saturated carbocycles. The number of halogens is 1. The molecular formula is C19H17FN2O2S. The molecule has 4 nitrogen and oxygen atoms in total. The van der Waals surface area contributed by atoms with Gasteiger partial charge in [0.05, 0.1) is 0 Å². The minimum absolute atomic E-state index is 0.152. The van der Waals surface area contributed by atoms with Crippen molar-refractivity contribution in [3.05, 3.63) is 71.2 Å². The zero-order valence-corrected chi connectivity index (χ0v) is 14.7. The van der Waals surface area contributed by atoms with Gasteiger partial charge in [-0.3, -0.25) is 9.69 Å². The van der Waals surface area contributed by atoms with Crippen molar-refractivity contribution in [2.75, 3.05) is 14.1 Å². The molecule has 0 bridgehead atoms. The number of carbonyl (C=O) groups is 1. The standard InChI is InChI=1S/C19H17FN2O2S/c1-21-16(18(23)22(2)19(21)25)11-14-5-3-4-6-17(14)24-12-13-7-9-15(20)10-8-13/h3-11H,12H2,1-2H3/b16-11+. The molecule has 0 atom stereocenters. The lowest BCUT2D eigenvalue weighted by atomic mass is 10.1. The summed E-state index contributed by atoms with van der Waals surface area (Å²) in [5.41, 5.74) is 2.13. The summed E-state index contributed by atoms with van der Waals surface area (Å²) in [6.07, 6.45) is 1.76. The van der Waals surface area contributed by atoms with E-state index in [1.54, 1.807) is 37.2 Å². The van der Waals surface area contributed by atoms with Crippen molar-refractivity contribution in [1.82, 2.24) is 9.80 Å². The third-order valence-electron chi connectivity index (χ3n) is 3.98. The Labute approximate surface area is 151 Å². The fourth-order valence-electron chi connectivity index (χ4n) is 2.51. The van der Waals surface area contributed by atoms with Crippen molar-refractivity contribution in [2.24, 2.45) is 0 Å². The number of benzene rings is 2. The van der Waals surface area contributed by atoms with E-state index in [-0.39, 0.29) is 11.7 Å². The SMILES string of the molecule is CN1C(=O)/C(=C\c2ccccc2OCc2ccc(F)cc2)N(C)C1=S. The van der Waals surface area contributed by atoms with Gasteiger partial charge in [0.25, 0.3) is 5.91 Å². The maximum atomic E-state index is 13.0. The Balaban J connectivity index is 1.84. The maximum Gasteiger partial charge on any atom is 0.276 e. The zero-order chi connectivity index (χ0) is 18.0. The number of hydrogen-bond acceptors (Lipinski definition) is 3. The molecule has 1 heterocycles. The maximum absolute atomic E-state index is 13.0. The van der Waals surface area contributed by atoms with Crippen LogP contribution in [0, 0.1) is 5.82 Å². The molecular weight excluding hydrogens is 339 g/mol. The molecule has 1 amide bonds. The van der Waals surface area contributed by atoms with Gasteiger partial charge in [0, 0.05) is 19.7 Å². The van der Waals surface area contributed by atoms with Gasteiger partial charge in [-0.15, -0.1) is 0 Å². The number of amides is 1. The molecule has 1 aliphatic heterocycles. The Bertz CT molecular complexity index is 849. The number of para-hydroxylation sites is 1. The fourth-order valence-corrected chi connectivity index (χ4v) is 2.69. The number of rotatable bonds is 4. The summed E-state index contributed by atoms with van der Waals surface area (Å²) < 4.78 is 18.8. The summed E-state index contributed by atoms with van der Waals surface area (Å²) >= 11 is 5.22. The van der Waals surface area contributed by atoms with Crippen molar-refractivity contribution >= 4 is 29.3 Å². The summed E-state index contributed by atoms with van der Waals surface area (Å²) in [6.45, 7) is 0.308. The smallest absolute Gasteiger partial charge is 0.276 e. The minimum atomic E-state index is -0.281. The monoisotopic (exact) mass is 356 g/mol. The number of thiocarbonyl (C=S) groups is 1. The van der Waals surface area contributed by atoms with Gasteiger partial charge in [-0.2, -0.15) is 0 Å². The van der Waals surface area contributed by atoms with Gasteiger partial charge in [0.1, 0.15) is 23.9 Å². The first-order chi connectivity index (χ1) is 12.0. The largest absolute Gasteiger partial charge is 0.488 e. The predicted molar refractivity (Wildman–Crippen MR) is 98.3 cm³/mol. The molecule has 0 aliphatic carbocycles. The minimum Gasteiger partial charge on any atom is -0.488 e. The molecule has 1 aliphatic rings. The topological polar surface area (TPSA) is 32.8 Å². The van der Waals surface area contributed by atoms with E-state index in [2.05, 4.69) is 0 Å². The Hall–Kier alpha value is -2.73. The van der Waals surface area contributed by atoms with Crippen LogP contribution in [0.3, 0.4) is 0 Å². The van der Waals surface area contributed by atoms with Crippen LogP contribution in [-0.4, -0.2) is 34.9 Å². The third-order valence-corrected chi connectivity index (χ3v) is 4.53. The van der Waals surface area contributed by atoms with Crippen LogP contribution in [0.4, 0.5) is 4.39 Å².